The number of carboxylic acid groups (broad SMARTS) is 2. The van der Waals surface area contributed by atoms with Gasteiger partial charge in [0.25, 0.3) is 11.8 Å². The maximum Gasteiger partial charge on any atom is 0.306 e. The summed E-state index contributed by atoms with van der Waals surface area (Å²) in [6.45, 7) is 1.15. The number of rotatable bonds is 13. The van der Waals surface area contributed by atoms with Crippen molar-refractivity contribution in [3.63, 3.8) is 0 Å². The van der Waals surface area contributed by atoms with E-state index in [0.29, 0.717) is 22.1 Å². The minimum atomic E-state index is -1.31. The molecule has 3 aromatic carbocycles. The highest BCUT2D eigenvalue weighted by Crippen LogP contribution is 2.36. The van der Waals surface area contributed by atoms with Crippen molar-refractivity contribution in [3.05, 3.63) is 77.4 Å². The first kappa shape index (κ1) is 31.4. The van der Waals surface area contributed by atoms with Crippen LogP contribution in [-0.4, -0.2) is 76.2 Å². The van der Waals surface area contributed by atoms with Gasteiger partial charge in [-0.05, 0) is 55.9 Å². The van der Waals surface area contributed by atoms with Crippen LogP contribution in [-0.2, 0) is 25.6 Å². The monoisotopic (exact) mass is 613 g/mol. The second-order valence-electron chi connectivity index (χ2n) is 11.6. The summed E-state index contributed by atoms with van der Waals surface area (Å²) >= 11 is 0. The summed E-state index contributed by atoms with van der Waals surface area (Å²) in [5.74, 6) is -6.33. The molecule has 2 heterocycles. The Labute approximate surface area is 259 Å². The number of carbonyl (C=O) groups is 6. The number of piperidine rings is 1. The smallest absolute Gasteiger partial charge is 0.306 e. The molecule has 0 aromatic heterocycles. The van der Waals surface area contributed by atoms with Crippen LogP contribution in [0.15, 0.2) is 60.7 Å². The summed E-state index contributed by atoms with van der Waals surface area (Å²) in [6.07, 6.45) is 2.18. The lowest BCUT2D eigenvalue weighted by molar-refractivity contribution is -0.145. The number of imide groups is 1. The second kappa shape index (κ2) is 13.7. The molecule has 2 atom stereocenters. The standard InChI is InChI=1S/C34H35N3O8/c38-28(19-22(34(44)45)12-15-30(40)41)26(18-21-8-3-1-4-9-21)35-29(39)20-37-32(42)24-11-7-10-23-27(36-16-5-2-6-17-36)14-13-25(31(23)24)33(37)43/h1,3-4,7-11,13-14,22,26H,2,5-6,12,15-20H2,(H,35,39)(H,40,41)(H,44,45)/t22?,26-/m0/s1. The maximum absolute atomic E-state index is 13.6. The first-order chi connectivity index (χ1) is 21.6. The third-order valence-corrected chi connectivity index (χ3v) is 8.48. The minimum Gasteiger partial charge on any atom is -0.481 e. The first-order valence-electron chi connectivity index (χ1n) is 15.1. The highest BCUT2D eigenvalue weighted by atomic mass is 16.4. The molecule has 234 valence electrons. The molecule has 0 aliphatic carbocycles. The van der Waals surface area contributed by atoms with E-state index in [2.05, 4.69) is 10.2 Å². The van der Waals surface area contributed by atoms with Gasteiger partial charge in [-0.25, -0.2) is 0 Å². The summed E-state index contributed by atoms with van der Waals surface area (Å²) in [5.41, 5.74) is 2.29. The Morgan fingerprint density at radius 3 is 2.18 bits per heavy atom. The van der Waals surface area contributed by atoms with Gasteiger partial charge in [-0.2, -0.15) is 0 Å². The van der Waals surface area contributed by atoms with Crippen molar-refractivity contribution in [1.82, 2.24) is 10.2 Å². The third-order valence-electron chi connectivity index (χ3n) is 8.48. The van der Waals surface area contributed by atoms with Crippen molar-refractivity contribution < 1.29 is 39.0 Å². The molecule has 11 heteroatoms. The topological polar surface area (TPSA) is 161 Å². The molecule has 2 aliphatic rings. The van der Waals surface area contributed by atoms with E-state index in [1.54, 1.807) is 48.5 Å². The molecule has 5 rings (SSSR count). The van der Waals surface area contributed by atoms with Gasteiger partial charge in [0.15, 0.2) is 5.78 Å². The SMILES string of the molecule is O=C(O)CCC(CC(=O)[C@H](Cc1ccccc1)NC(=O)CN1C(=O)c2cccc3c(N4CCCCC4)ccc(c23)C1=O)C(=O)O. The molecule has 3 amide bonds. The number of nitrogens with one attached hydrogen (secondary N) is 1. The average molecular weight is 614 g/mol. The summed E-state index contributed by atoms with van der Waals surface area (Å²) in [5, 5.41) is 22.5. The molecule has 3 N–H and O–H groups in total. The first-order valence-corrected chi connectivity index (χ1v) is 15.1. The number of anilines is 1. The molecule has 2 aliphatic heterocycles. The zero-order valence-corrected chi connectivity index (χ0v) is 24.7. The van der Waals surface area contributed by atoms with Crippen LogP contribution in [0.4, 0.5) is 5.69 Å². The van der Waals surface area contributed by atoms with E-state index in [1.165, 1.54) is 0 Å². The van der Waals surface area contributed by atoms with Crippen molar-refractivity contribution in [3.8, 4) is 0 Å². The van der Waals surface area contributed by atoms with Crippen molar-refractivity contribution in [2.45, 2.75) is 51.0 Å². The van der Waals surface area contributed by atoms with Crippen LogP contribution in [0, 0.1) is 5.92 Å². The van der Waals surface area contributed by atoms with Crippen LogP contribution < -0.4 is 10.2 Å². The van der Waals surface area contributed by atoms with Gasteiger partial charge in [-0.3, -0.25) is 33.7 Å². The van der Waals surface area contributed by atoms with Crippen LogP contribution in [0.2, 0.25) is 0 Å². The molecule has 1 fully saturated rings. The zero-order valence-electron chi connectivity index (χ0n) is 24.7. The fourth-order valence-electron chi connectivity index (χ4n) is 6.16. The van der Waals surface area contributed by atoms with Crippen LogP contribution in [0.1, 0.15) is 64.8 Å². The van der Waals surface area contributed by atoms with Gasteiger partial charge < -0.3 is 20.4 Å². The van der Waals surface area contributed by atoms with Gasteiger partial charge in [0.05, 0.1) is 12.0 Å². The lowest BCUT2D eigenvalue weighted by atomic mass is 9.91. The number of carbonyl (C=O) groups excluding carboxylic acids is 4. The fourth-order valence-corrected chi connectivity index (χ4v) is 6.16. The van der Waals surface area contributed by atoms with E-state index in [0.717, 1.165) is 48.3 Å². The average Bonchev–Trinajstić information content (AvgIpc) is 3.03. The zero-order chi connectivity index (χ0) is 32.1. The Bertz CT molecular complexity index is 1630. The maximum atomic E-state index is 13.6. The Morgan fingerprint density at radius 2 is 1.51 bits per heavy atom. The van der Waals surface area contributed by atoms with E-state index in [9.17, 15) is 33.9 Å². The quantitative estimate of drug-likeness (QED) is 0.244. The Kier molecular flexibility index (Phi) is 9.56. The molecule has 1 saturated heterocycles. The van der Waals surface area contributed by atoms with E-state index < -0.39 is 66.8 Å². The van der Waals surface area contributed by atoms with Gasteiger partial charge >= 0.3 is 11.9 Å². The predicted octanol–water partition coefficient (Wildman–Crippen LogP) is 3.68. The molecule has 0 saturated carbocycles. The molecule has 3 aromatic rings. The molecule has 45 heavy (non-hydrogen) atoms. The van der Waals surface area contributed by atoms with Gasteiger partial charge in [-0.15, -0.1) is 0 Å². The van der Waals surface area contributed by atoms with Crippen LogP contribution in [0.3, 0.4) is 0 Å². The fraction of sp³-hybridized carbons (Fsp3) is 0.353. The second-order valence-corrected chi connectivity index (χ2v) is 11.6. The van der Waals surface area contributed by atoms with Crippen molar-refractivity contribution >= 4 is 51.9 Å². The highest BCUT2D eigenvalue weighted by Gasteiger charge is 2.36. The minimum absolute atomic E-state index is 0.0417. The van der Waals surface area contributed by atoms with Gasteiger partial charge in [0.1, 0.15) is 6.54 Å². The number of hydrogen-bond donors (Lipinski definition) is 3. The lowest BCUT2D eigenvalue weighted by Crippen LogP contribution is -2.50. The van der Waals surface area contributed by atoms with Gasteiger partial charge in [0, 0.05) is 53.5 Å². The number of nitrogens with zero attached hydrogens (tertiary/aromatic N) is 2. The molecular formula is C34H35N3O8. The summed E-state index contributed by atoms with van der Waals surface area (Å²) in [6, 6.07) is 16.5. The van der Waals surface area contributed by atoms with Crippen LogP contribution >= 0.6 is 0 Å². The summed E-state index contributed by atoms with van der Waals surface area (Å²) < 4.78 is 0. The van der Waals surface area contributed by atoms with E-state index in [4.69, 9.17) is 5.11 Å². The van der Waals surface area contributed by atoms with E-state index in [1.807, 2.05) is 12.1 Å². The van der Waals surface area contributed by atoms with Crippen LogP contribution in [0.5, 0.6) is 0 Å². The number of hydrogen-bond acceptors (Lipinski definition) is 7. The van der Waals surface area contributed by atoms with Gasteiger partial charge in [0.2, 0.25) is 5.91 Å². The summed E-state index contributed by atoms with van der Waals surface area (Å²) in [4.78, 5) is 79.8. The molecular weight excluding hydrogens is 578 g/mol. The molecule has 0 spiro atoms. The molecule has 0 radical (unpaired) electrons. The third kappa shape index (κ3) is 7.03. The number of ketones is 1. The molecule has 1 unspecified atom stereocenters. The van der Waals surface area contributed by atoms with Crippen molar-refractivity contribution in [2.24, 2.45) is 5.92 Å². The molecule has 11 nitrogen and oxygen atoms in total. The normalized spacial score (nSPS) is 15.9. The number of amides is 3. The predicted molar refractivity (Wildman–Crippen MR) is 165 cm³/mol. The van der Waals surface area contributed by atoms with E-state index in [-0.39, 0.29) is 12.8 Å². The van der Waals surface area contributed by atoms with Crippen molar-refractivity contribution in [2.75, 3.05) is 24.5 Å². The Morgan fingerprint density at radius 1 is 0.822 bits per heavy atom. The number of aliphatic carboxylic acids is 2. The van der Waals surface area contributed by atoms with Gasteiger partial charge in [-0.1, -0.05) is 42.5 Å². The number of Topliss-reactive ketones (excluding diaryl/α,β-unsaturated/α-hetero) is 1. The van der Waals surface area contributed by atoms with Crippen molar-refractivity contribution in [1.29, 1.82) is 0 Å². The number of benzene rings is 3. The van der Waals surface area contributed by atoms with Crippen LogP contribution in [0.25, 0.3) is 10.8 Å². The van der Waals surface area contributed by atoms with E-state index >= 15 is 0 Å². The highest BCUT2D eigenvalue weighted by molar-refractivity contribution is 6.27. The Hall–Kier alpha value is -5.06. The largest absolute Gasteiger partial charge is 0.481 e. The molecule has 0 bridgehead atoms. The lowest BCUT2D eigenvalue weighted by Gasteiger charge is -2.32. The number of carboxylic acids is 2. The Balaban J connectivity index is 1.35. The summed E-state index contributed by atoms with van der Waals surface area (Å²) in [7, 11) is 0.